The third-order valence-corrected chi connectivity index (χ3v) is 5.61. The molecule has 0 aliphatic carbocycles. The van der Waals surface area contributed by atoms with E-state index < -0.39 is 17.6 Å². The van der Waals surface area contributed by atoms with Crippen LogP contribution in [0.5, 0.6) is 11.5 Å². The molecule has 4 aromatic rings. The largest absolute Gasteiger partial charge is 0.497 e. The third kappa shape index (κ3) is 5.06. The number of halogens is 3. The number of fused-ring (bicyclic) bond motifs is 1. The number of ether oxygens (including phenoxy) is 2. The number of hydrogen-bond donors (Lipinski definition) is 0. The van der Waals surface area contributed by atoms with E-state index in [1.54, 1.807) is 37.2 Å². The van der Waals surface area contributed by atoms with Crippen molar-refractivity contribution in [1.29, 1.82) is 0 Å². The molecule has 2 heterocycles. The molecular formula is C25H23F3N4O3. The normalized spacial score (nSPS) is 11.5. The third-order valence-electron chi connectivity index (χ3n) is 5.61. The molecule has 4 rings (SSSR count). The molecule has 0 aliphatic rings. The Hall–Kier alpha value is -4.08. The Morgan fingerprint density at radius 2 is 1.80 bits per heavy atom. The van der Waals surface area contributed by atoms with Crippen molar-refractivity contribution in [3.8, 4) is 11.5 Å². The average molecular weight is 484 g/mol. The Morgan fingerprint density at radius 3 is 2.51 bits per heavy atom. The fraction of sp³-hybridized carbons (Fsp3) is 0.240. The molecule has 0 bridgehead atoms. The van der Waals surface area contributed by atoms with Crippen LogP contribution in [0, 0.1) is 0 Å². The van der Waals surface area contributed by atoms with Gasteiger partial charge in [-0.15, -0.1) is 0 Å². The maximum Gasteiger partial charge on any atom is 0.416 e. The second-order valence-corrected chi connectivity index (χ2v) is 7.93. The lowest BCUT2D eigenvalue weighted by Crippen LogP contribution is -2.27. The van der Waals surface area contributed by atoms with Crippen molar-refractivity contribution in [2.45, 2.75) is 19.3 Å². The van der Waals surface area contributed by atoms with Crippen molar-refractivity contribution < 1.29 is 27.4 Å². The zero-order chi connectivity index (χ0) is 25.2. The van der Waals surface area contributed by atoms with Gasteiger partial charge < -0.3 is 14.4 Å². The summed E-state index contributed by atoms with van der Waals surface area (Å²) in [5.74, 6) is 0.862. The Morgan fingerprint density at radius 1 is 1.03 bits per heavy atom. The molecule has 0 saturated heterocycles. The fourth-order valence-corrected chi connectivity index (χ4v) is 3.83. The van der Waals surface area contributed by atoms with E-state index in [9.17, 15) is 18.0 Å². The Kier molecular flexibility index (Phi) is 6.63. The number of carbonyl (C=O) groups is 1. The van der Waals surface area contributed by atoms with Crippen LogP contribution in [0.1, 0.15) is 27.0 Å². The van der Waals surface area contributed by atoms with E-state index in [1.165, 1.54) is 36.3 Å². The van der Waals surface area contributed by atoms with E-state index in [2.05, 4.69) is 10.1 Å². The van der Waals surface area contributed by atoms with Crippen LogP contribution in [0.4, 0.5) is 13.2 Å². The number of aromatic nitrogens is 3. The highest BCUT2D eigenvalue weighted by Gasteiger charge is 2.33. The van der Waals surface area contributed by atoms with Crippen LogP contribution in [0.25, 0.3) is 11.0 Å². The van der Waals surface area contributed by atoms with Gasteiger partial charge in [0.2, 0.25) is 0 Å². The zero-order valence-electron chi connectivity index (χ0n) is 19.3. The summed E-state index contributed by atoms with van der Waals surface area (Å²) in [6.45, 7) is 0.189. The van der Waals surface area contributed by atoms with Gasteiger partial charge in [0.15, 0.2) is 5.65 Å². The molecule has 0 fully saturated rings. The molecule has 0 unspecified atom stereocenters. The number of rotatable bonds is 7. The molecule has 182 valence electrons. The highest BCUT2D eigenvalue weighted by atomic mass is 19.4. The molecule has 0 spiro atoms. The maximum atomic E-state index is 13.3. The van der Waals surface area contributed by atoms with E-state index in [-0.39, 0.29) is 17.7 Å². The summed E-state index contributed by atoms with van der Waals surface area (Å²) in [7, 11) is 4.60. The van der Waals surface area contributed by atoms with Crippen LogP contribution < -0.4 is 9.47 Å². The van der Waals surface area contributed by atoms with E-state index in [1.807, 2.05) is 12.1 Å². The Balaban J connectivity index is 1.55. The van der Waals surface area contributed by atoms with E-state index in [4.69, 9.17) is 9.47 Å². The topological polar surface area (TPSA) is 69.5 Å². The number of benzene rings is 2. The van der Waals surface area contributed by atoms with Crippen LogP contribution in [0.2, 0.25) is 0 Å². The van der Waals surface area contributed by atoms with Crippen molar-refractivity contribution in [2.75, 3.05) is 21.3 Å². The van der Waals surface area contributed by atoms with Crippen molar-refractivity contribution >= 4 is 16.9 Å². The monoisotopic (exact) mass is 484 g/mol. The van der Waals surface area contributed by atoms with Crippen molar-refractivity contribution in [1.82, 2.24) is 19.7 Å². The number of pyridine rings is 1. The summed E-state index contributed by atoms with van der Waals surface area (Å²) >= 11 is 0. The first-order valence-corrected chi connectivity index (χ1v) is 10.6. The minimum Gasteiger partial charge on any atom is -0.497 e. The lowest BCUT2D eigenvalue weighted by molar-refractivity contribution is -0.138. The summed E-state index contributed by atoms with van der Waals surface area (Å²) in [6, 6.07) is 12.3. The molecule has 0 aliphatic heterocycles. The maximum absolute atomic E-state index is 13.3. The van der Waals surface area contributed by atoms with Crippen LogP contribution in [0.3, 0.4) is 0 Å². The first kappa shape index (κ1) is 24.1. The summed E-state index contributed by atoms with van der Waals surface area (Å²) in [6.07, 6.45) is -1.50. The van der Waals surface area contributed by atoms with E-state index in [0.29, 0.717) is 29.1 Å². The molecule has 0 saturated carbocycles. The standard InChI is InChI=1S/C25H23F3N4O3/c1-31(14-16-6-4-5-7-21(16)25(26,27)28)24(33)19-10-18-13-30-32(23(18)29-12-19)15-17-8-9-20(34-2)11-22(17)35-3/h4-13H,14-15H2,1-3H3. The van der Waals surface area contributed by atoms with Crippen LogP contribution >= 0.6 is 0 Å². The summed E-state index contributed by atoms with van der Waals surface area (Å²) < 4.78 is 52.3. The van der Waals surface area contributed by atoms with Crippen molar-refractivity contribution in [3.05, 3.63) is 83.2 Å². The number of alkyl halides is 3. The number of methoxy groups -OCH3 is 2. The molecule has 10 heteroatoms. The van der Waals surface area contributed by atoms with Crippen molar-refractivity contribution in [3.63, 3.8) is 0 Å². The van der Waals surface area contributed by atoms with Gasteiger partial charge >= 0.3 is 6.18 Å². The van der Waals surface area contributed by atoms with Gasteiger partial charge in [-0.25, -0.2) is 9.67 Å². The van der Waals surface area contributed by atoms with Gasteiger partial charge in [0.1, 0.15) is 11.5 Å². The quantitative estimate of drug-likeness (QED) is 0.377. The lowest BCUT2D eigenvalue weighted by Gasteiger charge is -2.20. The second-order valence-electron chi connectivity index (χ2n) is 7.93. The fourth-order valence-electron chi connectivity index (χ4n) is 3.83. The van der Waals surface area contributed by atoms with Gasteiger partial charge in [-0.2, -0.15) is 18.3 Å². The average Bonchev–Trinajstić information content (AvgIpc) is 3.25. The van der Waals surface area contributed by atoms with Gasteiger partial charge in [0, 0.05) is 36.8 Å². The first-order valence-electron chi connectivity index (χ1n) is 10.6. The summed E-state index contributed by atoms with van der Waals surface area (Å²) in [4.78, 5) is 18.6. The smallest absolute Gasteiger partial charge is 0.416 e. The molecule has 1 amide bonds. The Bertz CT molecular complexity index is 1370. The SMILES string of the molecule is COc1ccc(Cn2ncc3cc(C(=O)N(C)Cc4ccccc4C(F)(F)F)cnc32)c(OC)c1. The first-order chi connectivity index (χ1) is 16.7. The predicted molar refractivity (Wildman–Crippen MR) is 123 cm³/mol. The molecular weight excluding hydrogens is 461 g/mol. The second kappa shape index (κ2) is 9.65. The Labute approximate surface area is 199 Å². The molecule has 2 aromatic heterocycles. The minimum atomic E-state index is -4.50. The highest BCUT2D eigenvalue weighted by Crippen LogP contribution is 2.32. The van der Waals surface area contributed by atoms with Crippen LogP contribution in [0.15, 0.2) is 60.9 Å². The van der Waals surface area contributed by atoms with Crippen LogP contribution in [-0.2, 0) is 19.3 Å². The molecule has 35 heavy (non-hydrogen) atoms. The van der Waals surface area contributed by atoms with Gasteiger partial charge in [-0.3, -0.25) is 4.79 Å². The number of carbonyl (C=O) groups excluding carboxylic acids is 1. The van der Waals surface area contributed by atoms with Gasteiger partial charge in [-0.1, -0.05) is 18.2 Å². The highest BCUT2D eigenvalue weighted by molar-refractivity contribution is 5.96. The van der Waals surface area contributed by atoms with E-state index >= 15 is 0 Å². The van der Waals surface area contributed by atoms with Gasteiger partial charge in [0.25, 0.3) is 5.91 Å². The zero-order valence-corrected chi connectivity index (χ0v) is 19.3. The number of hydrogen-bond acceptors (Lipinski definition) is 5. The molecule has 7 nitrogen and oxygen atoms in total. The number of amides is 1. The van der Waals surface area contributed by atoms with Crippen molar-refractivity contribution in [2.24, 2.45) is 0 Å². The minimum absolute atomic E-state index is 0.0196. The molecule has 2 aromatic carbocycles. The van der Waals surface area contributed by atoms with Crippen LogP contribution in [-0.4, -0.2) is 46.8 Å². The molecule has 0 N–H and O–H groups in total. The number of nitrogens with zero attached hydrogens (tertiary/aromatic N) is 4. The lowest BCUT2D eigenvalue weighted by atomic mass is 10.1. The van der Waals surface area contributed by atoms with Gasteiger partial charge in [0.05, 0.1) is 38.1 Å². The molecule has 0 radical (unpaired) electrons. The molecule has 0 atom stereocenters. The summed E-state index contributed by atoms with van der Waals surface area (Å²) in [5.41, 5.74) is 0.938. The predicted octanol–water partition coefficient (Wildman–Crippen LogP) is 4.79. The van der Waals surface area contributed by atoms with Gasteiger partial charge in [-0.05, 0) is 29.8 Å². The van der Waals surface area contributed by atoms with E-state index in [0.717, 1.165) is 11.6 Å². The summed E-state index contributed by atoms with van der Waals surface area (Å²) in [5, 5.41) is 5.01.